The molecule has 0 amide bonds. The Morgan fingerprint density at radius 1 is 1.31 bits per heavy atom. The normalized spacial score (nSPS) is 10.2. The zero-order chi connectivity index (χ0) is 11.5. The molecule has 0 aliphatic heterocycles. The number of ether oxygens (including phenoxy) is 1. The van der Waals surface area contributed by atoms with Crippen molar-refractivity contribution in [1.82, 2.24) is 9.97 Å². The van der Waals surface area contributed by atoms with Gasteiger partial charge in [0.05, 0.1) is 17.3 Å². The third kappa shape index (κ3) is 2.38. The number of rotatable bonds is 3. The van der Waals surface area contributed by atoms with E-state index in [1.807, 2.05) is 12.1 Å². The lowest BCUT2D eigenvalue weighted by Gasteiger charge is -2.10. The fraction of sp³-hybridized carbons (Fsp3) is 0.100. The van der Waals surface area contributed by atoms with Crippen LogP contribution in [0.1, 0.15) is 0 Å². The maximum Gasteiger partial charge on any atom is 0.204 e. The molecule has 2 aromatic rings. The summed E-state index contributed by atoms with van der Waals surface area (Å²) in [6, 6.07) is 3.81. The molecule has 0 spiro atoms. The van der Waals surface area contributed by atoms with E-state index in [-0.39, 0.29) is 0 Å². The number of halogens is 2. The Hall–Kier alpha value is -1.01. The second-order valence-corrected chi connectivity index (χ2v) is 4.74. The van der Waals surface area contributed by atoms with E-state index in [4.69, 9.17) is 4.74 Å². The molecule has 0 saturated heterocycles. The SMILES string of the molecule is COc1cc(Nc2ncc[nH]2)c(Br)cc1Br. The van der Waals surface area contributed by atoms with Crippen LogP contribution in [0.4, 0.5) is 11.6 Å². The molecule has 0 fully saturated rings. The first-order chi connectivity index (χ1) is 7.70. The second-order valence-electron chi connectivity index (χ2n) is 3.03. The minimum Gasteiger partial charge on any atom is -0.495 e. The van der Waals surface area contributed by atoms with Crippen LogP contribution < -0.4 is 10.1 Å². The standard InChI is InChI=1S/C10H9Br2N3O/c1-16-9-5-8(6(11)4-7(9)12)15-10-13-2-3-14-10/h2-5H,1H3,(H2,13,14,15). The topological polar surface area (TPSA) is 49.9 Å². The average molecular weight is 347 g/mol. The minimum absolute atomic E-state index is 0.685. The zero-order valence-corrected chi connectivity index (χ0v) is 11.6. The molecule has 4 nitrogen and oxygen atoms in total. The maximum atomic E-state index is 5.22. The van der Waals surface area contributed by atoms with E-state index in [0.29, 0.717) is 5.95 Å². The fourth-order valence-corrected chi connectivity index (χ4v) is 2.50. The first kappa shape index (κ1) is 11.5. The number of aromatic nitrogens is 2. The second kappa shape index (κ2) is 4.88. The Morgan fingerprint density at radius 3 is 2.75 bits per heavy atom. The highest BCUT2D eigenvalue weighted by Gasteiger charge is 2.07. The molecule has 0 radical (unpaired) electrons. The maximum absolute atomic E-state index is 5.22. The quantitative estimate of drug-likeness (QED) is 0.891. The van der Waals surface area contributed by atoms with Gasteiger partial charge in [-0.3, -0.25) is 0 Å². The number of H-pyrrole nitrogens is 1. The van der Waals surface area contributed by atoms with Crippen LogP contribution in [-0.4, -0.2) is 17.1 Å². The van der Waals surface area contributed by atoms with Gasteiger partial charge in [-0.05, 0) is 37.9 Å². The van der Waals surface area contributed by atoms with E-state index in [2.05, 4.69) is 47.1 Å². The van der Waals surface area contributed by atoms with Gasteiger partial charge in [0, 0.05) is 22.9 Å². The summed E-state index contributed by atoms with van der Waals surface area (Å²) in [5.41, 5.74) is 0.884. The summed E-state index contributed by atoms with van der Waals surface area (Å²) in [5, 5.41) is 3.14. The van der Waals surface area contributed by atoms with Crippen LogP contribution in [0, 0.1) is 0 Å². The van der Waals surface area contributed by atoms with Crippen molar-refractivity contribution in [2.45, 2.75) is 0 Å². The summed E-state index contributed by atoms with van der Waals surface area (Å²) < 4.78 is 7.04. The molecule has 0 unspecified atom stereocenters. The number of anilines is 2. The molecule has 16 heavy (non-hydrogen) atoms. The Labute approximate surface area is 110 Å². The van der Waals surface area contributed by atoms with Crippen LogP contribution in [0.15, 0.2) is 33.5 Å². The molecule has 0 aliphatic carbocycles. The lowest BCUT2D eigenvalue weighted by molar-refractivity contribution is 0.412. The van der Waals surface area contributed by atoms with E-state index in [9.17, 15) is 0 Å². The van der Waals surface area contributed by atoms with Gasteiger partial charge in [-0.1, -0.05) is 0 Å². The number of hydrogen-bond acceptors (Lipinski definition) is 3. The highest BCUT2D eigenvalue weighted by molar-refractivity contribution is 9.11. The molecule has 84 valence electrons. The Bertz CT molecular complexity index is 485. The summed E-state index contributed by atoms with van der Waals surface area (Å²) in [6.45, 7) is 0. The number of benzene rings is 1. The Balaban J connectivity index is 2.33. The van der Waals surface area contributed by atoms with Crippen LogP contribution in [0.5, 0.6) is 5.75 Å². The predicted octanol–water partition coefficient (Wildman–Crippen LogP) is 3.69. The van der Waals surface area contributed by atoms with Gasteiger partial charge in [0.15, 0.2) is 0 Å². The van der Waals surface area contributed by atoms with Crippen LogP contribution in [0.25, 0.3) is 0 Å². The first-order valence-electron chi connectivity index (χ1n) is 4.50. The van der Waals surface area contributed by atoms with Gasteiger partial charge in [-0.15, -0.1) is 0 Å². The van der Waals surface area contributed by atoms with Crippen molar-refractivity contribution in [2.24, 2.45) is 0 Å². The molecular formula is C10H9Br2N3O. The first-order valence-corrected chi connectivity index (χ1v) is 6.08. The number of nitrogens with one attached hydrogen (secondary N) is 2. The van der Waals surface area contributed by atoms with Crippen LogP contribution >= 0.6 is 31.9 Å². The Kier molecular flexibility index (Phi) is 3.50. The molecule has 6 heteroatoms. The summed E-state index contributed by atoms with van der Waals surface area (Å²) in [6.07, 6.45) is 3.44. The third-order valence-electron chi connectivity index (χ3n) is 1.99. The monoisotopic (exact) mass is 345 g/mol. The van der Waals surface area contributed by atoms with Gasteiger partial charge in [-0.25, -0.2) is 4.98 Å². The van der Waals surface area contributed by atoms with Crippen molar-refractivity contribution in [2.75, 3.05) is 12.4 Å². The van der Waals surface area contributed by atoms with Gasteiger partial charge in [-0.2, -0.15) is 0 Å². The summed E-state index contributed by atoms with van der Waals surface area (Å²) in [5.74, 6) is 1.45. The fourth-order valence-electron chi connectivity index (χ4n) is 1.24. The van der Waals surface area contributed by atoms with Crippen molar-refractivity contribution in [3.05, 3.63) is 33.5 Å². The van der Waals surface area contributed by atoms with E-state index in [1.54, 1.807) is 19.5 Å². The number of aromatic amines is 1. The van der Waals surface area contributed by atoms with Gasteiger partial charge in [0.2, 0.25) is 5.95 Å². The largest absolute Gasteiger partial charge is 0.495 e. The molecule has 1 heterocycles. The average Bonchev–Trinajstić information content (AvgIpc) is 2.75. The van der Waals surface area contributed by atoms with Crippen LogP contribution in [0.2, 0.25) is 0 Å². The molecule has 0 saturated carbocycles. The van der Waals surface area contributed by atoms with Crippen LogP contribution in [0.3, 0.4) is 0 Å². The van der Waals surface area contributed by atoms with E-state index in [1.165, 1.54) is 0 Å². The van der Waals surface area contributed by atoms with Crippen molar-refractivity contribution in [3.8, 4) is 5.75 Å². The van der Waals surface area contributed by atoms with E-state index >= 15 is 0 Å². The highest BCUT2D eigenvalue weighted by Crippen LogP contribution is 2.35. The summed E-state index contributed by atoms with van der Waals surface area (Å²) >= 11 is 6.88. The highest BCUT2D eigenvalue weighted by atomic mass is 79.9. The summed E-state index contributed by atoms with van der Waals surface area (Å²) in [7, 11) is 1.63. The van der Waals surface area contributed by atoms with Gasteiger partial charge in [0.1, 0.15) is 5.75 Å². The molecule has 2 N–H and O–H groups in total. The van der Waals surface area contributed by atoms with E-state index in [0.717, 1.165) is 20.4 Å². The molecule has 1 aromatic heterocycles. The van der Waals surface area contributed by atoms with Crippen molar-refractivity contribution >= 4 is 43.5 Å². The number of nitrogens with zero attached hydrogens (tertiary/aromatic N) is 1. The molecule has 0 bridgehead atoms. The molecule has 1 aromatic carbocycles. The van der Waals surface area contributed by atoms with Gasteiger partial charge >= 0.3 is 0 Å². The van der Waals surface area contributed by atoms with Gasteiger partial charge in [0.25, 0.3) is 0 Å². The van der Waals surface area contributed by atoms with Crippen LogP contribution in [-0.2, 0) is 0 Å². The molecule has 0 atom stereocenters. The molecular weight excluding hydrogens is 338 g/mol. The third-order valence-corrected chi connectivity index (χ3v) is 3.27. The van der Waals surface area contributed by atoms with Crippen molar-refractivity contribution < 1.29 is 4.74 Å². The Morgan fingerprint density at radius 2 is 2.12 bits per heavy atom. The lowest BCUT2D eigenvalue weighted by Crippen LogP contribution is -1.95. The summed E-state index contributed by atoms with van der Waals surface area (Å²) in [4.78, 5) is 7.06. The van der Waals surface area contributed by atoms with Crippen molar-refractivity contribution in [3.63, 3.8) is 0 Å². The lowest BCUT2D eigenvalue weighted by atomic mass is 10.3. The minimum atomic E-state index is 0.685. The number of hydrogen-bond donors (Lipinski definition) is 2. The number of imidazole rings is 1. The molecule has 2 rings (SSSR count). The zero-order valence-electron chi connectivity index (χ0n) is 8.42. The molecule has 0 aliphatic rings. The predicted molar refractivity (Wildman–Crippen MR) is 70.3 cm³/mol. The van der Waals surface area contributed by atoms with E-state index < -0.39 is 0 Å². The van der Waals surface area contributed by atoms with Gasteiger partial charge < -0.3 is 15.0 Å². The number of methoxy groups -OCH3 is 1. The van der Waals surface area contributed by atoms with Crippen molar-refractivity contribution in [1.29, 1.82) is 0 Å². The smallest absolute Gasteiger partial charge is 0.204 e.